The Bertz CT molecular complexity index is 651. The second-order valence-corrected chi connectivity index (χ2v) is 6.17. The third kappa shape index (κ3) is 2.84. The second-order valence-electron chi connectivity index (χ2n) is 5.76. The van der Waals surface area contributed by atoms with E-state index in [9.17, 15) is 4.39 Å². The summed E-state index contributed by atoms with van der Waals surface area (Å²) in [4.78, 5) is 4.59. The molecule has 1 aromatic heterocycles. The zero-order chi connectivity index (χ0) is 14.8. The van der Waals surface area contributed by atoms with Gasteiger partial charge in [0, 0.05) is 29.2 Å². The molecule has 112 valence electrons. The van der Waals surface area contributed by atoms with Crippen LogP contribution in [0.25, 0.3) is 10.9 Å². The highest BCUT2D eigenvalue weighted by atomic mass is 35.5. The molecular weight excluding hydrogens is 287 g/mol. The molecule has 0 bridgehead atoms. The molecule has 21 heavy (non-hydrogen) atoms. The minimum Gasteiger partial charge on any atom is -0.384 e. The number of pyridine rings is 1. The molecule has 1 N–H and O–H groups in total. The number of anilines is 1. The van der Waals surface area contributed by atoms with Gasteiger partial charge in [0.2, 0.25) is 0 Å². The van der Waals surface area contributed by atoms with Crippen LogP contribution in [0.1, 0.15) is 50.6 Å². The van der Waals surface area contributed by atoms with Gasteiger partial charge in [-0.15, -0.1) is 0 Å². The van der Waals surface area contributed by atoms with Crippen molar-refractivity contribution in [2.24, 2.45) is 0 Å². The number of nitrogens with one attached hydrogen (secondary N) is 1. The maximum atomic E-state index is 14.3. The van der Waals surface area contributed by atoms with Gasteiger partial charge < -0.3 is 5.32 Å². The molecule has 2 aromatic rings. The van der Waals surface area contributed by atoms with Gasteiger partial charge in [0.15, 0.2) is 5.82 Å². The molecular formula is C17H20ClFN2. The largest absolute Gasteiger partial charge is 0.384 e. The lowest BCUT2D eigenvalue weighted by molar-refractivity contribution is 0.634. The fraction of sp³-hybridized carbons (Fsp3) is 0.471. The van der Waals surface area contributed by atoms with Crippen molar-refractivity contribution in [2.75, 3.05) is 11.9 Å². The Morgan fingerprint density at radius 2 is 2.10 bits per heavy atom. The first-order chi connectivity index (χ1) is 10.2. The van der Waals surface area contributed by atoms with Crippen LogP contribution in [0.5, 0.6) is 0 Å². The molecule has 0 saturated heterocycles. The minimum atomic E-state index is -0.409. The summed E-state index contributed by atoms with van der Waals surface area (Å²) in [6, 6.07) is 5.55. The number of hydrogen-bond acceptors (Lipinski definition) is 2. The van der Waals surface area contributed by atoms with Gasteiger partial charge >= 0.3 is 0 Å². The van der Waals surface area contributed by atoms with Crippen LogP contribution in [0.4, 0.5) is 10.1 Å². The summed E-state index contributed by atoms with van der Waals surface area (Å²) in [6.07, 6.45) is 5.79. The van der Waals surface area contributed by atoms with Crippen LogP contribution in [0.15, 0.2) is 18.2 Å². The molecule has 1 heterocycles. The Morgan fingerprint density at radius 1 is 1.33 bits per heavy atom. The molecule has 1 aliphatic rings. The first-order valence-electron chi connectivity index (χ1n) is 7.73. The number of halogens is 2. The zero-order valence-corrected chi connectivity index (χ0v) is 13.0. The Kier molecular flexibility index (Phi) is 4.29. The van der Waals surface area contributed by atoms with Crippen molar-refractivity contribution >= 4 is 28.2 Å². The average Bonchev–Trinajstić information content (AvgIpc) is 3.03. The monoisotopic (exact) mass is 306 g/mol. The highest BCUT2D eigenvalue weighted by molar-refractivity contribution is 6.31. The first-order valence-corrected chi connectivity index (χ1v) is 8.11. The van der Waals surface area contributed by atoms with Gasteiger partial charge in [0.05, 0.1) is 5.02 Å². The number of benzene rings is 1. The van der Waals surface area contributed by atoms with Gasteiger partial charge in [-0.1, -0.05) is 31.4 Å². The standard InChI is InChI=1S/C17H20ClFN2/c1-2-9-20-15-10-14(11-5-3-4-6-11)21-17-12(15)7-8-13(18)16(17)19/h7-8,10-11H,2-6,9H2,1H3,(H,20,21). The van der Waals surface area contributed by atoms with E-state index in [4.69, 9.17) is 11.6 Å². The second kappa shape index (κ2) is 6.18. The van der Waals surface area contributed by atoms with Crippen molar-refractivity contribution < 1.29 is 4.39 Å². The number of hydrogen-bond donors (Lipinski definition) is 1. The summed E-state index contributed by atoms with van der Waals surface area (Å²) in [6.45, 7) is 2.99. The summed E-state index contributed by atoms with van der Waals surface area (Å²) in [5.74, 6) is 0.0449. The van der Waals surface area contributed by atoms with Gasteiger partial charge in [0.25, 0.3) is 0 Å². The molecule has 0 unspecified atom stereocenters. The summed E-state index contributed by atoms with van der Waals surface area (Å²) in [7, 11) is 0. The van der Waals surface area contributed by atoms with Crippen LogP contribution in [0, 0.1) is 5.82 Å². The van der Waals surface area contributed by atoms with Crippen molar-refractivity contribution in [1.82, 2.24) is 4.98 Å². The first kappa shape index (κ1) is 14.6. The predicted molar refractivity (Wildman–Crippen MR) is 86.7 cm³/mol. The smallest absolute Gasteiger partial charge is 0.168 e. The molecule has 4 heteroatoms. The number of nitrogens with zero attached hydrogens (tertiary/aromatic N) is 1. The SMILES string of the molecule is CCCNc1cc(C2CCCC2)nc2c(F)c(Cl)ccc12. The molecule has 0 atom stereocenters. The number of aromatic nitrogens is 1. The molecule has 1 aromatic carbocycles. The van der Waals surface area contributed by atoms with Crippen molar-refractivity contribution in [3.63, 3.8) is 0 Å². The van der Waals surface area contributed by atoms with Gasteiger partial charge in [-0.05, 0) is 37.5 Å². The molecule has 1 aliphatic carbocycles. The van der Waals surface area contributed by atoms with Crippen LogP contribution in [-0.2, 0) is 0 Å². The van der Waals surface area contributed by atoms with Crippen molar-refractivity contribution in [3.05, 3.63) is 34.7 Å². The summed E-state index contributed by atoms with van der Waals surface area (Å²) < 4.78 is 14.3. The summed E-state index contributed by atoms with van der Waals surface area (Å²) in [5, 5.41) is 4.35. The van der Waals surface area contributed by atoms with E-state index >= 15 is 0 Å². The highest BCUT2D eigenvalue weighted by Crippen LogP contribution is 2.37. The normalized spacial score (nSPS) is 15.8. The third-order valence-electron chi connectivity index (χ3n) is 4.23. The van der Waals surface area contributed by atoms with Gasteiger partial charge in [0.1, 0.15) is 5.52 Å². The van der Waals surface area contributed by atoms with Crippen LogP contribution in [-0.4, -0.2) is 11.5 Å². The predicted octanol–water partition coefficient (Wildman–Crippen LogP) is 5.51. The average molecular weight is 307 g/mol. The molecule has 0 aliphatic heterocycles. The topological polar surface area (TPSA) is 24.9 Å². The molecule has 3 rings (SSSR count). The fourth-order valence-corrected chi connectivity index (χ4v) is 3.24. The number of rotatable bonds is 4. The lowest BCUT2D eigenvalue weighted by Gasteiger charge is -2.15. The Morgan fingerprint density at radius 3 is 2.81 bits per heavy atom. The van der Waals surface area contributed by atoms with Gasteiger partial charge in [-0.2, -0.15) is 0 Å². The quantitative estimate of drug-likeness (QED) is 0.806. The minimum absolute atomic E-state index is 0.139. The maximum absolute atomic E-state index is 14.3. The van der Waals surface area contributed by atoms with Crippen molar-refractivity contribution in [3.8, 4) is 0 Å². The lowest BCUT2D eigenvalue weighted by atomic mass is 10.0. The summed E-state index contributed by atoms with van der Waals surface area (Å²) in [5.41, 5.74) is 2.37. The third-order valence-corrected chi connectivity index (χ3v) is 4.52. The van der Waals surface area contributed by atoms with E-state index < -0.39 is 5.82 Å². The molecule has 1 saturated carbocycles. The molecule has 2 nitrogen and oxygen atoms in total. The van der Waals surface area contributed by atoms with E-state index in [0.29, 0.717) is 11.4 Å². The van der Waals surface area contributed by atoms with E-state index in [2.05, 4.69) is 23.3 Å². The fourth-order valence-electron chi connectivity index (χ4n) is 3.09. The lowest BCUT2D eigenvalue weighted by Crippen LogP contribution is -2.05. The molecule has 0 radical (unpaired) electrons. The van der Waals surface area contributed by atoms with E-state index in [1.54, 1.807) is 6.07 Å². The Labute approximate surface area is 129 Å². The highest BCUT2D eigenvalue weighted by Gasteiger charge is 2.21. The number of fused-ring (bicyclic) bond motifs is 1. The molecule has 0 amide bonds. The van der Waals surface area contributed by atoms with Crippen molar-refractivity contribution in [1.29, 1.82) is 0 Å². The molecule has 1 fully saturated rings. The van der Waals surface area contributed by atoms with E-state index in [1.807, 2.05) is 6.07 Å². The van der Waals surface area contributed by atoms with Crippen LogP contribution in [0.3, 0.4) is 0 Å². The van der Waals surface area contributed by atoms with Gasteiger partial charge in [-0.3, -0.25) is 0 Å². The summed E-state index contributed by atoms with van der Waals surface area (Å²) >= 11 is 5.92. The van der Waals surface area contributed by atoms with E-state index in [0.717, 1.165) is 42.6 Å². The molecule has 0 spiro atoms. The Hall–Kier alpha value is -1.35. The van der Waals surface area contributed by atoms with Crippen molar-refractivity contribution in [2.45, 2.75) is 44.9 Å². The maximum Gasteiger partial charge on any atom is 0.168 e. The van der Waals surface area contributed by atoms with E-state index in [1.165, 1.54) is 12.8 Å². The van der Waals surface area contributed by atoms with Crippen LogP contribution >= 0.6 is 11.6 Å². The van der Waals surface area contributed by atoms with E-state index in [-0.39, 0.29) is 5.02 Å². The zero-order valence-electron chi connectivity index (χ0n) is 12.3. The van der Waals surface area contributed by atoms with Crippen LogP contribution < -0.4 is 5.32 Å². The van der Waals surface area contributed by atoms with Crippen LogP contribution in [0.2, 0.25) is 5.02 Å². The van der Waals surface area contributed by atoms with Gasteiger partial charge in [-0.25, -0.2) is 9.37 Å². The Balaban J connectivity index is 2.14.